The van der Waals surface area contributed by atoms with E-state index in [1.807, 2.05) is 24.3 Å². The normalized spacial score (nSPS) is 16.0. The number of anilines is 1. The van der Waals surface area contributed by atoms with E-state index in [9.17, 15) is 9.18 Å². The van der Waals surface area contributed by atoms with Crippen LogP contribution in [-0.2, 0) is 6.42 Å². The second-order valence-corrected chi connectivity index (χ2v) is 9.17. The van der Waals surface area contributed by atoms with E-state index in [0.29, 0.717) is 11.5 Å². The number of nitrogens with zero attached hydrogens (tertiary/aromatic N) is 2. The summed E-state index contributed by atoms with van der Waals surface area (Å²) in [6.45, 7) is 10.5. The van der Waals surface area contributed by atoms with Gasteiger partial charge in [0.15, 0.2) is 0 Å². The molecule has 33 heavy (non-hydrogen) atoms. The van der Waals surface area contributed by atoms with E-state index in [-0.39, 0.29) is 11.9 Å². The number of hydrogen-bond donors (Lipinski definition) is 2. The number of fused-ring (bicyclic) bond motifs is 1. The van der Waals surface area contributed by atoms with Gasteiger partial charge in [0.05, 0.1) is 0 Å². The third-order valence-corrected chi connectivity index (χ3v) is 7.25. The Morgan fingerprint density at radius 1 is 1.15 bits per heavy atom. The Labute approximate surface area is 195 Å². The number of H-pyrrole nitrogens is 1. The largest absolute Gasteiger partial charge is 0.366 e. The van der Waals surface area contributed by atoms with E-state index in [1.54, 1.807) is 18.2 Å². The van der Waals surface area contributed by atoms with Crippen molar-refractivity contribution in [1.82, 2.24) is 9.88 Å². The van der Waals surface area contributed by atoms with E-state index in [2.05, 4.69) is 35.6 Å². The van der Waals surface area contributed by atoms with Crippen LogP contribution in [0.1, 0.15) is 61.1 Å². The highest BCUT2D eigenvalue weighted by Crippen LogP contribution is 2.38. The molecular weight excluding hydrogens is 415 g/mol. The molecule has 1 saturated heterocycles. The van der Waals surface area contributed by atoms with Gasteiger partial charge in [0.1, 0.15) is 11.6 Å². The van der Waals surface area contributed by atoms with Gasteiger partial charge in [-0.2, -0.15) is 0 Å². The van der Waals surface area contributed by atoms with Crippen molar-refractivity contribution in [3.8, 4) is 0 Å². The molecule has 1 atom stereocenters. The van der Waals surface area contributed by atoms with Gasteiger partial charge in [-0.1, -0.05) is 26.0 Å². The van der Waals surface area contributed by atoms with Crippen LogP contribution in [0.15, 0.2) is 42.5 Å². The van der Waals surface area contributed by atoms with Gasteiger partial charge < -0.3 is 15.6 Å². The van der Waals surface area contributed by atoms with Crippen molar-refractivity contribution in [2.24, 2.45) is 11.7 Å². The molecule has 0 spiro atoms. The molecule has 3 aromatic rings. The SMILES string of the molecule is CCN(CC)C(C)c1c(N2CCC(Cc3ccc(F)cc3)CC2)[nH]c2ccc(C(N)=O)cc12. The zero-order valence-corrected chi connectivity index (χ0v) is 19.9. The van der Waals surface area contributed by atoms with Crippen molar-refractivity contribution in [2.45, 2.75) is 46.1 Å². The van der Waals surface area contributed by atoms with Crippen LogP contribution in [0.25, 0.3) is 10.9 Å². The van der Waals surface area contributed by atoms with Gasteiger partial charge in [-0.05, 0) is 81.1 Å². The summed E-state index contributed by atoms with van der Waals surface area (Å²) in [7, 11) is 0. The highest BCUT2D eigenvalue weighted by molar-refractivity contribution is 5.99. The average Bonchev–Trinajstić information content (AvgIpc) is 3.20. The fraction of sp³-hybridized carbons (Fsp3) is 0.444. The molecule has 0 bridgehead atoms. The highest BCUT2D eigenvalue weighted by atomic mass is 19.1. The maximum absolute atomic E-state index is 13.2. The van der Waals surface area contributed by atoms with Crippen molar-refractivity contribution in [1.29, 1.82) is 0 Å². The fourth-order valence-electron chi connectivity index (χ4n) is 5.29. The second-order valence-electron chi connectivity index (χ2n) is 9.17. The zero-order chi connectivity index (χ0) is 23.5. The molecule has 6 heteroatoms. The van der Waals surface area contributed by atoms with Crippen LogP contribution in [0.4, 0.5) is 10.2 Å². The predicted molar refractivity (Wildman–Crippen MR) is 133 cm³/mol. The topological polar surface area (TPSA) is 65.4 Å². The van der Waals surface area contributed by atoms with Gasteiger partial charge in [0.25, 0.3) is 0 Å². The van der Waals surface area contributed by atoms with Gasteiger partial charge in [-0.25, -0.2) is 4.39 Å². The number of nitrogens with one attached hydrogen (secondary N) is 1. The van der Waals surface area contributed by atoms with Crippen LogP contribution in [0, 0.1) is 11.7 Å². The van der Waals surface area contributed by atoms with Crippen LogP contribution in [0.3, 0.4) is 0 Å². The zero-order valence-electron chi connectivity index (χ0n) is 19.9. The number of halogens is 1. The Bertz CT molecular complexity index is 1100. The van der Waals surface area contributed by atoms with Gasteiger partial charge in [-0.3, -0.25) is 9.69 Å². The molecule has 0 radical (unpaired) electrons. The fourth-order valence-corrected chi connectivity index (χ4v) is 5.29. The first kappa shape index (κ1) is 23.3. The Morgan fingerprint density at radius 3 is 2.42 bits per heavy atom. The number of aromatic amines is 1. The highest BCUT2D eigenvalue weighted by Gasteiger charge is 2.28. The van der Waals surface area contributed by atoms with Crippen molar-refractivity contribution in [3.63, 3.8) is 0 Å². The molecule has 1 aliphatic heterocycles. The molecule has 2 heterocycles. The Morgan fingerprint density at radius 2 is 1.82 bits per heavy atom. The number of carbonyl (C=O) groups is 1. The standard InChI is InChI=1S/C27H35FN4O/c1-4-31(5-2)18(3)25-23-17-21(26(29)33)8-11-24(23)30-27(25)32-14-12-20(13-15-32)16-19-6-9-22(28)10-7-19/h6-11,17-18,20,30H,4-5,12-16H2,1-3H3,(H2,29,33). The summed E-state index contributed by atoms with van der Waals surface area (Å²) in [5.41, 5.74) is 9.62. The van der Waals surface area contributed by atoms with Crippen LogP contribution < -0.4 is 10.6 Å². The quantitative estimate of drug-likeness (QED) is 0.491. The maximum Gasteiger partial charge on any atom is 0.248 e. The van der Waals surface area contributed by atoms with E-state index in [1.165, 1.54) is 11.1 Å². The number of piperidine rings is 1. The number of amides is 1. The van der Waals surface area contributed by atoms with E-state index >= 15 is 0 Å². The molecule has 4 rings (SSSR count). The summed E-state index contributed by atoms with van der Waals surface area (Å²) in [6, 6.07) is 12.8. The van der Waals surface area contributed by atoms with Crippen LogP contribution >= 0.6 is 0 Å². The number of primary amides is 1. The smallest absolute Gasteiger partial charge is 0.248 e. The summed E-state index contributed by atoms with van der Waals surface area (Å²) in [5, 5.41) is 1.08. The summed E-state index contributed by atoms with van der Waals surface area (Å²) >= 11 is 0. The molecule has 3 N–H and O–H groups in total. The second kappa shape index (κ2) is 9.96. The molecule has 1 aromatic heterocycles. The molecule has 1 amide bonds. The van der Waals surface area contributed by atoms with Crippen molar-refractivity contribution < 1.29 is 9.18 Å². The number of rotatable bonds is 8. The van der Waals surface area contributed by atoms with E-state index in [4.69, 9.17) is 5.73 Å². The maximum atomic E-state index is 13.2. The molecule has 1 fully saturated rings. The van der Waals surface area contributed by atoms with Crippen molar-refractivity contribution >= 4 is 22.6 Å². The van der Waals surface area contributed by atoms with E-state index in [0.717, 1.165) is 62.2 Å². The third kappa shape index (κ3) is 4.91. The van der Waals surface area contributed by atoms with Crippen molar-refractivity contribution in [2.75, 3.05) is 31.1 Å². The average molecular weight is 451 g/mol. The predicted octanol–water partition coefficient (Wildman–Crippen LogP) is 5.27. The number of hydrogen-bond acceptors (Lipinski definition) is 3. The van der Waals surface area contributed by atoms with Gasteiger partial charge in [0, 0.05) is 41.2 Å². The lowest BCUT2D eigenvalue weighted by atomic mass is 9.90. The van der Waals surface area contributed by atoms with Crippen molar-refractivity contribution in [3.05, 3.63) is 65.0 Å². The molecule has 1 unspecified atom stereocenters. The lowest BCUT2D eigenvalue weighted by Gasteiger charge is -2.35. The van der Waals surface area contributed by atoms with Gasteiger partial charge in [0.2, 0.25) is 5.91 Å². The third-order valence-electron chi connectivity index (χ3n) is 7.25. The Balaban J connectivity index is 1.60. The minimum atomic E-state index is -0.400. The summed E-state index contributed by atoms with van der Waals surface area (Å²) < 4.78 is 13.2. The lowest BCUT2D eigenvalue weighted by Crippen LogP contribution is -2.36. The minimum Gasteiger partial charge on any atom is -0.366 e. The summed E-state index contributed by atoms with van der Waals surface area (Å²) in [4.78, 5) is 20.4. The Hall–Kier alpha value is -2.86. The molecule has 1 aliphatic rings. The van der Waals surface area contributed by atoms with Crippen LogP contribution in [0.2, 0.25) is 0 Å². The number of carbonyl (C=O) groups excluding carboxylic acids is 1. The Kier molecular flexibility index (Phi) is 7.03. The minimum absolute atomic E-state index is 0.179. The van der Waals surface area contributed by atoms with Crippen LogP contribution in [-0.4, -0.2) is 42.0 Å². The van der Waals surface area contributed by atoms with Gasteiger partial charge >= 0.3 is 0 Å². The monoisotopic (exact) mass is 450 g/mol. The first-order chi connectivity index (χ1) is 15.9. The summed E-state index contributed by atoms with van der Waals surface area (Å²) in [5.74, 6) is 1.18. The van der Waals surface area contributed by atoms with E-state index < -0.39 is 5.91 Å². The molecular formula is C27H35FN4O. The number of aromatic nitrogens is 1. The summed E-state index contributed by atoms with van der Waals surface area (Å²) in [6.07, 6.45) is 3.18. The first-order valence-corrected chi connectivity index (χ1v) is 12.1. The first-order valence-electron chi connectivity index (χ1n) is 12.1. The number of nitrogens with two attached hydrogens (primary N) is 1. The van der Waals surface area contributed by atoms with Gasteiger partial charge in [-0.15, -0.1) is 0 Å². The lowest BCUT2D eigenvalue weighted by molar-refractivity contribution is 0.100. The number of benzene rings is 2. The molecule has 0 saturated carbocycles. The molecule has 2 aromatic carbocycles. The molecule has 5 nitrogen and oxygen atoms in total. The molecule has 176 valence electrons. The van der Waals surface area contributed by atoms with Crippen LogP contribution in [0.5, 0.6) is 0 Å². The molecule has 0 aliphatic carbocycles.